The maximum absolute atomic E-state index is 12.7. The summed E-state index contributed by atoms with van der Waals surface area (Å²) in [5.74, 6) is -0.0715. The molecular weight excluding hydrogens is 360 g/mol. The molecule has 1 N–H and O–H groups in total. The summed E-state index contributed by atoms with van der Waals surface area (Å²) in [5.41, 5.74) is 3.73. The van der Waals surface area contributed by atoms with Gasteiger partial charge in [0.2, 0.25) is 10.0 Å². The lowest BCUT2D eigenvalue weighted by Crippen LogP contribution is -2.35. The molecule has 0 spiro atoms. The van der Waals surface area contributed by atoms with Gasteiger partial charge in [-0.25, -0.2) is 8.42 Å². The van der Waals surface area contributed by atoms with Crippen molar-refractivity contribution in [1.82, 2.24) is 4.31 Å². The van der Waals surface area contributed by atoms with Gasteiger partial charge in [0.15, 0.2) is 5.78 Å². The number of aryl methyl sites for hydroxylation is 1. The minimum Gasteiger partial charge on any atom is -0.377 e. The monoisotopic (exact) mass is 386 g/mol. The van der Waals surface area contributed by atoms with Crippen LogP contribution in [0.5, 0.6) is 0 Å². The molecule has 1 saturated heterocycles. The first-order chi connectivity index (χ1) is 12.9. The van der Waals surface area contributed by atoms with Gasteiger partial charge in [0.05, 0.1) is 11.4 Å². The summed E-state index contributed by atoms with van der Waals surface area (Å²) in [4.78, 5) is 12.7. The van der Waals surface area contributed by atoms with Crippen LogP contribution >= 0.6 is 0 Å². The molecule has 0 aromatic heterocycles. The van der Waals surface area contributed by atoms with Crippen LogP contribution in [0.3, 0.4) is 0 Å². The number of sulfonamides is 1. The lowest BCUT2D eigenvalue weighted by atomic mass is 10.1. The Balaban J connectivity index is 1.67. The van der Waals surface area contributed by atoms with Crippen molar-refractivity contribution in [3.8, 4) is 0 Å². The zero-order valence-corrected chi connectivity index (χ0v) is 16.7. The smallest absolute Gasteiger partial charge is 0.243 e. The fourth-order valence-corrected chi connectivity index (χ4v) is 4.80. The number of hydrogen-bond acceptors (Lipinski definition) is 4. The maximum atomic E-state index is 12.7. The van der Waals surface area contributed by atoms with E-state index in [-0.39, 0.29) is 17.2 Å². The van der Waals surface area contributed by atoms with Crippen LogP contribution in [0.2, 0.25) is 0 Å². The third-order valence-corrected chi connectivity index (χ3v) is 7.09. The highest BCUT2D eigenvalue weighted by Gasteiger charge is 2.25. The summed E-state index contributed by atoms with van der Waals surface area (Å²) < 4.78 is 26.9. The minimum absolute atomic E-state index is 0.0715. The molecule has 0 atom stereocenters. The van der Waals surface area contributed by atoms with Crippen LogP contribution < -0.4 is 5.32 Å². The van der Waals surface area contributed by atoms with Crippen molar-refractivity contribution < 1.29 is 13.2 Å². The molecule has 6 heteroatoms. The Bertz CT molecular complexity index is 915. The molecule has 0 radical (unpaired) electrons. The summed E-state index contributed by atoms with van der Waals surface area (Å²) in [6, 6.07) is 12.2. The second kappa shape index (κ2) is 8.23. The summed E-state index contributed by atoms with van der Waals surface area (Å²) in [7, 11) is -3.46. The average molecular weight is 387 g/mol. The molecule has 0 aliphatic carbocycles. The molecule has 0 amide bonds. The Morgan fingerprint density at radius 3 is 2.33 bits per heavy atom. The molecule has 3 rings (SSSR count). The molecule has 1 aliphatic heterocycles. The van der Waals surface area contributed by atoms with Crippen molar-refractivity contribution in [3.05, 3.63) is 59.2 Å². The van der Waals surface area contributed by atoms with E-state index in [1.807, 2.05) is 32.0 Å². The van der Waals surface area contributed by atoms with E-state index in [4.69, 9.17) is 0 Å². The first-order valence-corrected chi connectivity index (χ1v) is 10.8. The van der Waals surface area contributed by atoms with Crippen molar-refractivity contribution in [2.24, 2.45) is 0 Å². The van der Waals surface area contributed by atoms with E-state index >= 15 is 0 Å². The van der Waals surface area contributed by atoms with Gasteiger partial charge >= 0.3 is 0 Å². The molecule has 144 valence electrons. The van der Waals surface area contributed by atoms with Gasteiger partial charge in [0.1, 0.15) is 0 Å². The van der Waals surface area contributed by atoms with E-state index in [2.05, 4.69) is 5.32 Å². The normalized spacial score (nSPS) is 15.5. The Hall–Kier alpha value is -2.18. The lowest BCUT2D eigenvalue weighted by Gasteiger charge is -2.25. The summed E-state index contributed by atoms with van der Waals surface area (Å²) in [5, 5.41) is 3.17. The average Bonchev–Trinajstić information content (AvgIpc) is 2.69. The third-order valence-electron chi connectivity index (χ3n) is 5.17. The van der Waals surface area contributed by atoms with Gasteiger partial charge < -0.3 is 5.32 Å². The lowest BCUT2D eigenvalue weighted by molar-refractivity contribution is 0.101. The molecular formula is C21H26N2O3S. The van der Waals surface area contributed by atoms with Gasteiger partial charge in [-0.15, -0.1) is 0 Å². The fourth-order valence-electron chi connectivity index (χ4n) is 3.29. The molecule has 2 aromatic rings. The number of piperidine rings is 1. The van der Waals surface area contributed by atoms with Crippen molar-refractivity contribution in [2.75, 3.05) is 25.0 Å². The van der Waals surface area contributed by atoms with Gasteiger partial charge in [0, 0.05) is 24.3 Å². The second-order valence-electron chi connectivity index (χ2n) is 7.01. The van der Waals surface area contributed by atoms with E-state index in [0.717, 1.165) is 30.5 Å². The molecule has 0 saturated carbocycles. The van der Waals surface area contributed by atoms with Crippen LogP contribution in [-0.2, 0) is 10.0 Å². The Kier molecular flexibility index (Phi) is 5.97. The highest BCUT2D eigenvalue weighted by atomic mass is 32.2. The van der Waals surface area contributed by atoms with Crippen molar-refractivity contribution in [1.29, 1.82) is 0 Å². The van der Waals surface area contributed by atoms with Crippen LogP contribution in [0.25, 0.3) is 0 Å². The molecule has 2 aromatic carbocycles. The number of anilines is 1. The zero-order valence-electron chi connectivity index (χ0n) is 15.9. The predicted molar refractivity (Wildman–Crippen MR) is 108 cm³/mol. The third kappa shape index (κ3) is 4.39. The first kappa shape index (κ1) is 19.6. The van der Waals surface area contributed by atoms with Crippen LogP contribution in [0.15, 0.2) is 47.4 Å². The molecule has 1 aliphatic rings. The van der Waals surface area contributed by atoms with Crippen molar-refractivity contribution >= 4 is 21.5 Å². The molecule has 1 fully saturated rings. The van der Waals surface area contributed by atoms with Crippen LogP contribution in [0.4, 0.5) is 5.69 Å². The number of ketones is 1. The van der Waals surface area contributed by atoms with Gasteiger partial charge in [0.25, 0.3) is 0 Å². The molecule has 0 unspecified atom stereocenters. The highest BCUT2D eigenvalue weighted by molar-refractivity contribution is 7.89. The second-order valence-corrected chi connectivity index (χ2v) is 8.95. The number of benzene rings is 2. The highest BCUT2D eigenvalue weighted by Crippen LogP contribution is 2.21. The predicted octanol–water partition coefficient (Wildman–Crippen LogP) is 3.77. The van der Waals surface area contributed by atoms with Crippen molar-refractivity contribution in [2.45, 2.75) is 38.0 Å². The van der Waals surface area contributed by atoms with Crippen molar-refractivity contribution in [3.63, 3.8) is 0 Å². The molecule has 0 bridgehead atoms. The summed E-state index contributed by atoms with van der Waals surface area (Å²) >= 11 is 0. The topological polar surface area (TPSA) is 66.5 Å². The fraction of sp³-hybridized carbons (Fsp3) is 0.381. The SMILES string of the molecule is Cc1cccc(NCC(=O)c2ccc(S(=O)(=O)N3CCCCC3)cc2)c1C. The number of hydrogen-bond donors (Lipinski definition) is 1. The Morgan fingerprint density at radius 2 is 1.67 bits per heavy atom. The molecule has 5 nitrogen and oxygen atoms in total. The van der Waals surface area contributed by atoms with Gasteiger partial charge in [-0.05, 0) is 68.1 Å². The quantitative estimate of drug-likeness (QED) is 0.768. The maximum Gasteiger partial charge on any atom is 0.243 e. The number of rotatable bonds is 6. The molecule has 27 heavy (non-hydrogen) atoms. The van der Waals surface area contributed by atoms with Gasteiger partial charge in [-0.3, -0.25) is 4.79 Å². The summed E-state index contributed by atoms with van der Waals surface area (Å²) in [6.07, 6.45) is 2.88. The van der Waals surface area contributed by atoms with E-state index < -0.39 is 10.0 Å². The van der Waals surface area contributed by atoms with Crippen LogP contribution in [0, 0.1) is 13.8 Å². The molecule has 1 heterocycles. The van der Waals surface area contributed by atoms with E-state index in [1.165, 1.54) is 22.0 Å². The number of Topliss-reactive ketones (excluding diaryl/α,β-unsaturated/α-hetero) is 1. The van der Waals surface area contributed by atoms with E-state index in [1.54, 1.807) is 12.1 Å². The Morgan fingerprint density at radius 1 is 1.00 bits per heavy atom. The number of carbonyl (C=O) groups is 1. The van der Waals surface area contributed by atoms with E-state index in [0.29, 0.717) is 18.7 Å². The minimum atomic E-state index is -3.46. The van der Waals surface area contributed by atoms with Gasteiger partial charge in [-0.2, -0.15) is 4.31 Å². The van der Waals surface area contributed by atoms with Crippen LogP contribution in [-0.4, -0.2) is 38.1 Å². The Labute approximate surface area is 161 Å². The number of nitrogens with one attached hydrogen (secondary N) is 1. The zero-order chi connectivity index (χ0) is 19.4. The number of carbonyl (C=O) groups excluding carboxylic acids is 1. The van der Waals surface area contributed by atoms with Crippen LogP contribution in [0.1, 0.15) is 40.7 Å². The largest absolute Gasteiger partial charge is 0.377 e. The first-order valence-electron chi connectivity index (χ1n) is 9.33. The standard InChI is InChI=1S/C21H26N2O3S/c1-16-7-6-8-20(17(16)2)22-15-21(24)18-9-11-19(12-10-18)27(25,26)23-13-4-3-5-14-23/h6-12,22H,3-5,13-15H2,1-2H3. The van der Waals surface area contributed by atoms with Gasteiger partial charge in [-0.1, -0.05) is 18.6 Å². The summed E-state index contributed by atoms with van der Waals surface area (Å²) in [6.45, 7) is 5.36. The number of nitrogens with zero attached hydrogens (tertiary/aromatic N) is 1. The van der Waals surface area contributed by atoms with E-state index in [9.17, 15) is 13.2 Å².